The summed E-state index contributed by atoms with van der Waals surface area (Å²) < 4.78 is 5.49. The molecule has 1 amide bonds. The second kappa shape index (κ2) is 6.65. The Bertz CT molecular complexity index is 874. The third-order valence-electron chi connectivity index (χ3n) is 4.42. The van der Waals surface area contributed by atoms with Gasteiger partial charge < -0.3 is 14.2 Å². The van der Waals surface area contributed by atoms with Crippen LogP contribution < -0.4 is 4.90 Å². The summed E-state index contributed by atoms with van der Waals surface area (Å²) in [5.74, 6) is 1.54. The maximum absolute atomic E-state index is 12.7. The highest BCUT2D eigenvalue weighted by atomic mass is 32.1. The van der Waals surface area contributed by atoms with Crippen LogP contribution in [0.15, 0.2) is 32.7 Å². The summed E-state index contributed by atoms with van der Waals surface area (Å²) in [4.78, 5) is 21.6. The summed E-state index contributed by atoms with van der Waals surface area (Å²) in [5.41, 5.74) is 2.89. The molecular formula is C18H19N3O2S2. The standard InChI is InChI=1S/C18H19N3O2S2/c1-12-9-15(13(2)23-12)17(22)20-4-6-21(7-5-20)18-19-16(11-25-18)14-3-8-24-10-14/h3,8-11H,4-7H2,1-2H3. The van der Waals surface area contributed by atoms with E-state index in [1.54, 1.807) is 22.7 Å². The predicted octanol–water partition coefficient (Wildman–Crippen LogP) is 4.04. The first-order valence-electron chi connectivity index (χ1n) is 8.21. The monoisotopic (exact) mass is 373 g/mol. The summed E-state index contributed by atoms with van der Waals surface area (Å²) in [6.45, 7) is 6.73. The summed E-state index contributed by atoms with van der Waals surface area (Å²) in [5, 5.41) is 7.32. The molecule has 0 saturated carbocycles. The Morgan fingerprint density at radius 1 is 1.20 bits per heavy atom. The molecule has 0 aromatic carbocycles. The second-order valence-electron chi connectivity index (χ2n) is 6.13. The van der Waals surface area contributed by atoms with Crippen LogP contribution in [0.25, 0.3) is 11.3 Å². The maximum atomic E-state index is 12.7. The zero-order valence-electron chi connectivity index (χ0n) is 14.2. The van der Waals surface area contributed by atoms with Gasteiger partial charge in [0.1, 0.15) is 11.5 Å². The van der Waals surface area contributed by atoms with E-state index in [1.165, 1.54) is 5.56 Å². The number of furan rings is 1. The van der Waals surface area contributed by atoms with E-state index >= 15 is 0 Å². The van der Waals surface area contributed by atoms with Crippen LogP contribution >= 0.6 is 22.7 Å². The number of aromatic nitrogens is 1. The summed E-state index contributed by atoms with van der Waals surface area (Å²) >= 11 is 3.35. The third-order valence-corrected chi connectivity index (χ3v) is 6.00. The topological polar surface area (TPSA) is 49.6 Å². The van der Waals surface area contributed by atoms with Crippen molar-refractivity contribution in [3.8, 4) is 11.3 Å². The molecule has 1 fully saturated rings. The smallest absolute Gasteiger partial charge is 0.257 e. The summed E-state index contributed by atoms with van der Waals surface area (Å²) in [7, 11) is 0. The Balaban J connectivity index is 1.41. The molecule has 130 valence electrons. The zero-order valence-corrected chi connectivity index (χ0v) is 15.8. The van der Waals surface area contributed by atoms with Crippen molar-refractivity contribution in [2.24, 2.45) is 0 Å². The zero-order chi connectivity index (χ0) is 17.4. The summed E-state index contributed by atoms with van der Waals surface area (Å²) in [6.07, 6.45) is 0. The number of nitrogens with zero attached hydrogens (tertiary/aromatic N) is 3. The Labute approximate surface area is 154 Å². The van der Waals surface area contributed by atoms with Gasteiger partial charge in [0.05, 0.1) is 11.3 Å². The van der Waals surface area contributed by atoms with Gasteiger partial charge >= 0.3 is 0 Å². The molecule has 0 aliphatic carbocycles. The summed E-state index contributed by atoms with van der Waals surface area (Å²) in [6, 6.07) is 3.92. The largest absolute Gasteiger partial charge is 0.466 e. The molecule has 1 saturated heterocycles. The van der Waals surface area contributed by atoms with E-state index in [9.17, 15) is 4.79 Å². The minimum Gasteiger partial charge on any atom is -0.466 e. The number of thiophene rings is 1. The molecule has 7 heteroatoms. The maximum Gasteiger partial charge on any atom is 0.257 e. The van der Waals surface area contributed by atoms with E-state index in [2.05, 4.69) is 27.1 Å². The van der Waals surface area contributed by atoms with Gasteiger partial charge in [-0.15, -0.1) is 11.3 Å². The fourth-order valence-electron chi connectivity index (χ4n) is 3.07. The van der Waals surface area contributed by atoms with Crippen LogP contribution in [-0.4, -0.2) is 42.0 Å². The molecular weight excluding hydrogens is 354 g/mol. The minimum absolute atomic E-state index is 0.0621. The van der Waals surface area contributed by atoms with Gasteiger partial charge in [-0.25, -0.2) is 4.98 Å². The Hall–Kier alpha value is -2.12. The number of rotatable bonds is 3. The van der Waals surface area contributed by atoms with E-state index in [-0.39, 0.29) is 5.91 Å². The molecule has 3 aromatic heterocycles. The average molecular weight is 374 g/mol. The van der Waals surface area contributed by atoms with Gasteiger partial charge in [0.15, 0.2) is 5.13 Å². The van der Waals surface area contributed by atoms with E-state index in [1.807, 2.05) is 24.8 Å². The lowest BCUT2D eigenvalue weighted by Gasteiger charge is -2.34. The number of anilines is 1. The molecule has 3 aromatic rings. The molecule has 4 heterocycles. The van der Waals surface area contributed by atoms with Crippen LogP contribution in [0.2, 0.25) is 0 Å². The van der Waals surface area contributed by atoms with Crippen molar-refractivity contribution in [1.82, 2.24) is 9.88 Å². The van der Waals surface area contributed by atoms with Gasteiger partial charge in [-0.1, -0.05) is 0 Å². The molecule has 4 rings (SSSR count). The molecule has 5 nitrogen and oxygen atoms in total. The van der Waals surface area contributed by atoms with E-state index in [4.69, 9.17) is 9.40 Å². The van der Waals surface area contributed by atoms with E-state index in [0.717, 1.165) is 29.7 Å². The van der Waals surface area contributed by atoms with Crippen molar-refractivity contribution in [2.75, 3.05) is 31.1 Å². The van der Waals surface area contributed by atoms with Crippen LogP contribution in [0.3, 0.4) is 0 Å². The first-order chi connectivity index (χ1) is 12.1. The van der Waals surface area contributed by atoms with Crippen molar-refractivity contribution in [1.29, 1.82) is 0 Å². The number of carbonyl (C=O) groups is 1. The first-order valence-corrected chi connectivity index (χ1v) is 10.0. The number of piperazine rings is 1. The lowest BCUT2D eigenvalue weighted by atomic mass is 10.2. The lowest BCUT2D eigenvalue weighted by Crippen LogP contribution is -2.48. The quantitative estimate of drug-likeness (QED) is 0.695. The van der Waals surface area contributed by atoms with E-state index < -0.39 is 0 Å². The van der Waals surface area contributed by atoms with Crippen molar-refractivity contribution in [2.45, 2.75) is 13.8 Å². The number of carbonyl (C=O) groups excluding carboxylic acids is 1. The molecule has 0 atom stereocenters. The SMILES string of the molecule is Cc1cc(C(=O)N2CCN(c3nc(-c4ccsc4)cs3)CC2)c(C)o1. The molecule has 25 heavy (non-hydrogen) atoms. The normalized spacial score (nSPS) is 15.0. The van der Waals surface area contributed by atoms with Crippen LogP contribution in [0.5, 0.6) is 0 Å². The van der Waals surface area contributed by atoms with Crippen LogP contribution in [0.1, 0.15) is 21.9 Å². The van der Waals surface area contributed by atoms with Crippen molar-refractivity contribution in [3.63, 3.8) is 0 Å². The Morgan fingerprint density at radius 2 is 2.00 bits per heavy atom. The van der Waals surface area contributed by atoms with Crippen LogP contribution in [-0.2, 0) is 0 Å². The van der Waals surface area contributed by atoms with Crippen LogP contribution in [0, 0.1) is 13.8 Å². The highest BCUT2D eigenvalue weighted by molar-refractivity contribution is 7.14. The van der Waals surface area contributed by atoms with Crippen molar-refractivity contribution in [3.05, 3.63) is 45.4 Å². The molecule has 0 N–H and O–H groups in total. The molecule has 0 unspecified atom stereocenters. The predicted molar refractivity (Wildman–Crippen MR) is 102 cm³/mol. The van der Waals surface area contributed by atoms with Gasteiger partial charge in [0.25, 0.3) is 5.91 Å². The molecule has 0 bridgehead atoms. The van der Waals surface area contributed by atoms with Crippen molar-refractivity contribution < 1.29 is 9.21 Å². The minimum atomic E-state index is 0.0621. The molecule has 1 aliphatic heterocycles. The van der Waals surface area contributed by atoms with Crippen LogP contribution in [0.4, 0.5) is 5.13 Å². The van der Waals surface area contributed by atoms with Gasteiger partial charge in [-0.05, 0) is 31.4 Å². The van der Waals surface area contributed by atoms with Gasteiger partial charge in [-0.3, -0.25) is 4.79 Å². The molecule has 0 radical (unpaired) electrons. The number of amides is 1. The highest BCUT2D eigenvalue weighted by Gasteiger charge is 2.26. The first kappa shape index (κ1) is 16.4. The van der Waals surface area contributed by atoms with Crippen molar-refractivity contribution >= 4 is 33.7 Å². The molecule has 1 aliphatic rings. The van der Waals surface area contributed by atoms with Gasteiger partial charge in [0, 0.05) is 42.5 Å². The second-order valence-corrected chi connectivity index (χ2v) is 7.75. The number of aryl methyl sites for hydroxylation is 2. The Kier molecular flexibility index (Phi) is 4.35. The fourth-order valence-corrected chi connectivity index (χ4v) is 4.60. The Morgan fingerprint density at radius 3 is 2.64 bits per heavy atom. The van der Waals surface area contributed by atoms with E-state index in [0.29, 0.717) is 24.4 Å². The third kappa shape index (κ3) is 3.21. The lowest BCUT2D eigenvalue weighted by molar-refractivity contribution is 0.0745. The highest BCUT2D eigenvalue weighted by Crippen LogP contribution is 2.29. The number of hydrogen-bond acceptors (Lipinski definition) is 6. The number of hydrogen-bond donors (Lipinski definition) is 0. The fraction of sp³-hybridized carbons (Fsp3) is 0.333. The van der Waals surface area contributed by atoms with Gasteiger partial charge in [-0.2, -0.15) is 11.3 Å². The van der Waals surface area contributed by atoms with Gasteiger partial charge in [0.2, 0.25) is 0 Å². The number of thiazole rings is 1. The average Bonchev–Trinajstić information content (AvgIpc) is 3.34. The molecule has 0 spiro atoms.